The van der Waals surface area contributed by atoms with Gasteiger partial charge in [-0.3, -0.25) is 9.59 Å². The lowest BCUT2D eigenvalue weighted by molar-refractivity contribution is -0.125. The molecule has 0 saturated heterocycles. The summed E-state index contributed by atoms with van der Waals surface area (Å²) >= 11 is 0. The molecule has 1 N–H and O–H groups in total. The first-order valence-corrected chi connectivity index (χ1v) is 6.42. The van der Waals surface area contributed by atoms with Gasteiger partial charge in [-0.1, -0.05) is 12.2 Å². The molecule has 0 saturated carbocycles. The van der Waals surface area contributed by atoms with Crippen molar-refractivity contribution in [3.8, 4) is 5.75 Å². The number of ether oxygens (including phenoxy) is 1. The van der Waals surface area contributed by atoms with E-state index >= 15 is 0 Å². The Bertz CT molecular complexity index is 580. The predicted octanol–water partition coefficient (Wildman–Crippen LogP) is 2.33. The van der Waals surface area contributed by atoms with Crippen molar-refractivity contribution in [3.63, 3.8) is 0 Å². The highest BCUT2D eigenvalue weighted by Crippen LogP contribution is 2.36. The molecular formula is C15H18N2O3. The van der Waals surface area contributed by atoms with Crippen LogP contribution in [0.2, 0.25) is 0 Å². The van der Waals surface area contributed by atoms with Gasteiger partial charge >= 0.3 is 0 Å². The number of carbonyl (C=O) groups is 2. The molecule has 20 heavy (non-hydrogen) atoms. The van der Waals surface area contributed by atoms with E-state index < -0.39 is 6.10 Å². The maximum Gasteiger partial charge on any atom is 0.268 e. The molecule has 5 heteroatoms. The van der Waals surface area contributed by atoms with Crippen LogP contribution in [-0.2, 0) is 9.59 Å². The summed E-state index contributed by atoms with van der Waals surface area (Å²) in [6.07, 6.45) is -0.547. The van der Waals surface area contributed by atoms with Crippen molar-refractivity contribution >= 4 is 23.2 Å². The summed E-state index contributed by atoms with van der Waals surface area (Å²) in [4.78, 5) is 24.9. The van der Waals surface area contributed by atoms with E-state index in [0.29, 0.717) is 23.7 Å². The Morgan fingerprint density at radius 3 is 2.75 bits per heavy atom. The fourth-order valence-electron chi connectivity index (χ4n) is 2.12. The van der Waals surface area contributed by atoms with Gasteiger partial charge in [0.05, 0.1) is 5.69 Å². The number of nitrogens with zero attached hydrogens (tertiary/aromatic N) is 1. The highest BCUT2D eigenvalue weighted by atomic mass is 16.5. The number of amides is 2. The molecule has 1 aliphatic rings. The maximum absolute atomic E-state index is 12.2. The number of benzene rings is 1. The lowest BCUT2D eigenvalue weighted by Gasteiger charge is -2.33. The fraction of sp³-hybridized carbons (Fsp3) is 0.333. The summed E-state index contributed by atoms with van der Waals surface area (Å²) in [5, 5.41) is 2.70. The standard InChI is InChI=1S/C15H18N2O3/c1-9(2)8-17-13-6-5-12(16-11(4)18)7-14(13)20-10(3)15(17)19/h5-7,10H,1,8H2,2-4H3,(H,16,18). The van der Waals surface area contributed by atoms with Crippen LogP contribution in [0.15, 0.2) is 30.4 Å². The van der Waals surface area contributed by atoms with Gasteiger partial charge in [0.1, 0.15) is 5.75 Å². The van der Waals surface area contributed by atoms with E-state index in [4.69, 9.17) is 4.74 Å². The number of fused-ring (bicyclic) bond motifs is 1. The van der Waals surface area contributed by atoms with Crippen LogP contribution in [0, 0.1) is 0 Å². The van der Waals surface area contributed by atoms with E-state index in [2.05, 4.69) is 11.9 Å². The lowest BCUT2D eigenvalue weighted by atomic mass is 10.1. The van der Waals surface area contributed by atoms with Crippen molar-refractivity contribution in [3.05, 3.63) is 30.4 Å². The zero-order valence-electron chi connectivity index (χ0n) is 11.9. The molecule has 2 amide bonds. The van der Waals surface area contributed by atoms with Crippen molar-refractivity contribution in [2.45, 2.75) is 26.9 Å². The van der Waals surface area contributed by atoms with Crippen LogP contribution in [0.1, 0.15) is 20.8 Å². The summed E-state index contributed by atoms with van der Waals surface area (Å²) in [6.45, 7) is 9.33. The van der Waals surface area contributed by atoms with Gasteiger partial charge in [-0.25, -0.2) is 0 Å². The van der Waals surface area contributed by atoms with Gasteiger partial charge in [0.15, 0.2) is 6.10 Å². The zero-order chi connectivity index (χ0) is 14.9. The first-order chi connectivity index (χ1) is 9.38. The van der Waals surface area contributed by atoms with Crippen molar-refractivity contribution in [2.75, 3.05) is 16.8 Å². The summed E-state index contributed by atoms with van der Waals surface area (Å²) in [5.74, 6) is 0.348. The molecule has 1 aromatic rings. The molecule has 0 fully saturated rings. The Balaban J connectivity index is 2.38. The van der Waals surface area contributed by atoms with Crippen LogP contribution in [0.25, 0.3) is 0 Å². The van der Waals surface area contributed by atoms with Gasteiger partial charge in [0, 0.05) is 25.2 Å². The lowest BCUT2D eigenvalue weighted by Crippen LogP contribution is -2.45. The maximum atomic E-state index is 12.2. The Labute approximate surface area is 118 Å². The summed E-state index contributed by atoms with van der Waals surface area (Å²) in [6, 6.07) is 5.25. The second kappa shape index (κ2) is 5.36. The van der Waals surface area contributed by atoms with Gasteiger partial charge in [0.2, 0.25) is 5.91 Å². The van der Waals surface area contributed by atoms with E-state index in [-0.39, 0.29) is 11.8 Å². The quantitative estimate of drug-likeness (QED) is 0.861. The molecular weight excluding hydrogens is 256 g/mol. The second-order valence-corrected chi connectivity index (χ2v) is 5.01. The van der Waals surface area contributed by atoms with E-state index in [9.17, 15) is 9.59 Å². The van der Waals surface area contributed by atoms with Gasteiger partial charge in [-0.15, -0.1) is 0 Å². The first-order valence-electron chi connectivity index (χ1n) is 6.42. The molecule has 1 aliphatic heterocycles. The molecule has 106 valence electrons. The third-order valence-electron chi connectivity index (χ3n) is 2.92. The zero-order valence-corrected chi connectivity index (χ0v) is 11.9. The van der Waals surface area contributed by atoms with Gasteiger partial charge in [0.25, 0.3) is 5.91 Å². The van der Waals surface area contributed by atoms with Crippen molar-refractivity contribution in [1.82, 2.24) is 0 Å². The minimum absolute atomic E-state index is 0.0900. The molecule has 5 nitrogen and oxygen atoms in total. The Kier molecular flexibility index (Phi) is 3.79. The molecule has 0 radical (unpaired) electrons. The van der Waals surface area contributed by atoms with Crippen LogP contribution in [0.4, 0.5) is 11.4 Å². The van der Waals surface area contributed by atoms with Gasteiger partial charge < -0.3 is 15.0 Å². The number of anilines is 2. The minimum atomic E-state index is -0.547. The minimum Gasteiger partial charge on any atom is -0.479 e. The second-order valence-electron chi connectivity index (χ2n) is 5.01. The summed E-state index contributed by atoms with van der Waals surface area (Å²) in [5.41, 5.74) is 2.24. The van der Waals surface area contributed by atoms with Crippen LogP contribution in [-0.4, -0.2) is 24.5 Å². The molecule has 1 heterocycles. The predicted molar refractivity (Wildman–Crippen MR) is 78.0 cm³/mol. The van der Waals surface area contributed by atoms with Gasteiger partial charge in [-0.05, 0) is 26.0 Å². The average molecular weight is 274 g/mol. The number of rotatable bonds is 3. The smallest absolute Gasteiger partial charge is 0.268 e. The molecule has 0 bridgehead atoms. The van der Waals surface area contributed by atoms with E-state index in [0.717, 1.165) is 5.57 Å². The molecule has 0 spiro atoms. The molecule has 1 atom stereocenters. The molecule has 0 aliphatic carbocycles. The summed E-state index contributed by atoms with van der Waals surface area (Å²) in [7, 11) is 0. The van der Waals surface area contributed by atoms with Crippen LogP contribution in [0.5, 0.6) is 5.75 Å². The normalized spacial score (nSPS) is 17.2. The summed E-state index contributed by atoms with van der Waals surface area (Å²) < 4.78 is 5.61. The number of hydrogen-bond acceptors (Lipinski definition) is 3. The van der Waals surface area contributed by atoms with Crippen molar-refractivity contribution < 1.29 is 14.3 Å². The molecule has 1 unspecified atom stereocenters. The van der Waals surface area contributed by atoms with Crippen LogP contribution < -0.4 is 15.0 Å². The fourth-order valence-corrected chi connectivity index (χ4v) is 2.12. The topological polar surface area (TPSA) is 58.6 Å². The van der Waals surface area contributed by atoms with Crippen molar-refractivity contribution in [2.24, 2.45) is 0 Å². The highest BCUT2D eigenvalue weighted by molar-refractivity contribution is 6.01. The largest absolute Gasteiger partial charge is 0.479 e. The van der Waals surface area contributed by atoms with Crippen LogP contribution in [0.3, 0.4) is 0 Å². The number of carbonyl (C=O) groups excluding carboxylic acids is 2. The average Bonchev–Trinajstić information content (AvgIpc) is 2.33. The Hall–Kier alpha value is -2.30. The Morgan fingerprint density at radius 2 is 2.15 bits per heavy atom. The third kappa shape index (κ3) is 2.82. The Morgan fingerprint density at radius 1 is 1.45 bits per heavy atom. The van der Waals surface area contributed by atoms with Crippen LogP contribution >= 0.6 is 0 Å². The monoisotopic (exact) mass is 274 g/mol. The first kappa shape index (κ1) is 14.1. The van der Waals surface area contributed by atoms with E-state index in [1.807, 2.05) is 6.92 Å². The van der Waals surface area contributed by atoms with E-state index in [1.165, 1.54) is 6.92 Å². The SMILES string of the molecule is C=C(C)CN1C(=O)C(C)Oc2cc(NC(C)=O)ccc21. The van der Waals surface area contributed by atoms with Crippen molar-refractivity contribution in [1.29, 1.82) is 0 Å². The number of nitrogens with one attached hydrogen (secondary N) is 1. The molecule has 1 aromatic carbocycles. The van der Waals surface area contributed by atoms with E-state index in [1.54, 1.807) is 30.0 Å². The highest BCUT2D eigenvalue weighted by Gasteiger charge is 2.31. The number of hydrogen-bond donors (Lipinski definition) is 1. The molecule has 2 rings (SSSR count). The van der Waals surface area contributed by atoms with Gasteiger partial charge in [-0.2, -0.15) is 0 Å². The third-order valence-corrected chi connectivity index (χ3v) is 2.92. The molecule has 0 aromatic heterocycles.